The van der Waals surface area contributed by atoms with E-state index in [9.17, 15) is 9.59 Å². The SMILES string of the molecule is CC(C)(C)OC(=O)N1CCC(Cn2ccc(N)cc2=O)CC1. The lowest BCUT2D eigenvalue weighted by Crippen LogP contribution is -2.42. The molecule has 0 aromatic carbocycles. The molecule has 1 aliphatic rings. The summed E-state index contributed by atoms with van der Waals surface area (Å²) in [6.45, 7) is 7.61. The van der Waals surface area contributed by atoms with Crippen molar-refractivity contribution in [2.75, 3.05) is 18.8 Å². The molecule has 0 saturated carbocycles. The number of ether oxygens (including phenoxy) is 1. The molecule has 1 saturated heterocycles. The molecule has 6 heteroatoms. The van der Waals surface area contributed by atoms with Gasteiger partial charge in [0.1, 0.15) is 5.60 Å². The molecular formula is C16H25N3O3. The van der Waals surface area contributed by atoms with Gasteiger partial charge in [-0.15, -0.1) is 0 Å². The quantitative estimate of drug-likeness (QED) is 0.907. The van der Waals surface area contributed by atoms with Crippen molar-refractivity contribution in [3.05, 3.63) is 28.7 Å². The van der Waals surface area contributed by atoms with Gasteiger partial charge in [0, 0.05) is 37.6 Å². The molecule has 1 amide bonds. The summed E-state index contributed by atoms with van der Waals surface area (Å²) >= 11 is 0. The predicted octanol–water partition coefficient (Wildman–Crippen LogP) is 2.08. The minimum Gasteiger partial charge on any atom is -0.444 e. The molecule has 1 fully saturated rings. The number of anilines is 1. The Morgan fingerprint density at radius 2 is 2.00 bits per heavy atom. The number of amides is 1. The number of rotatable bonds is 2. The van der Waals surface area contributed by atoms with Crippen molar-refractivity contribution in [3.63, 3.8) is 0 Å². The van der Waals surface area contributed by atoms with Crippen molar-refractivity contribution < 1.29 is 9.53 Å². The van der Waals surface area contributed by atoms with Gasteiger partial charge in [-0.3, -0.25) is 4.79 Å². The summed E-state index contributed by atoms with van der Waals surface area (Å²) in [5, 5.41) is 0. The molecule has 0 aliphatic carbocycles. The first kappa shape index (κ1) is 16.4. The fourth-order valence-corrected chi connectivity index (χ4v) is 2.58. The minimum absolute atomic E-state index is 0.0745. The molecule has 0 unspecified atom stereocenters. The summed E-state index contributed by atoms with van der Waals surface area (Å²) in [5.41, 5.74) is 5.54. The van der Waals surface area contributed by atoms with Gasteiger partial charge in [-0.2, -0.15) is 0 Å². The average Bonchev–Trinajstić information content (AvgIpc) is 2.41. The number of carbonyl (C=O) groups is 1. The first-order valence-electron chi connectivity index (χ1n) is 7.68. The Balaban J connectivity index is 1.87. The summed E-state index contributed by atoms with van der Waals surface area (Å²) in [4.78, 5) is 25.6. The zero-order chi connectivity index (χ0) is 16.3. The van der Waals surface area contributed by atoms with Gasteiger partial charge in [0.15, 0.2) is 0 Å². The Hall–Kier alpha value is -1.98. The molecule has 122 valence electrons. The molecular weight excluding hydrogens is 282 g/mol. The average molecular weight is 307 g/mol. The molecule has 0 bridgehead atoms. The number of likely N-dealkylation sites (tertiary alicyclic amines) is 1. The van der Waals surface area contributed by atoms with Crippen LogP contribution in [0.3, 0.4) is 0 Å². The molecule has 0 radical (unpaired) electrons. The maximum absolute atomic E-state index is 12.0. The number of carbonyl (C=O) groups excluding carboxylic acids is 1. The highest BCUT2D eigenvalue weighted by molar-refractivity contribution is 5.68. The first-order valence-corrected chi connectivity index (χ1v) is 7.68. The Morgan fingerprint density at radius 1 is 1.36 bits per heavy atom. The highest BCUT2D eigenvalue weighted by Gasteiger charge is 2.26. The van der Waals surface area contributed by atoms with Crippen molar-refractivity contribution in [1.29, 1.82) is 0 Å². The number of hydrogen-bond acceptors (Lipinski definition) is 4. The normalized spacial score (nSPS) is 16.6. The monoisotopic (exact) mass is 307 g/mol. The summed E-state index contributed by atoms with van der Waals surface area (Å²) < 4.78 is 7.07. The summed E-state index contributed by atoms with van der Waals surface area (Å²) in [6.07, 6.45) is 3.22. The third-order valence-electron chi connectivity index (χ3n) is 3.74. The Morgan fingerprint density at radius 3 is 2.55 bits per heavy atom. The van der Waals surface area contributed by atoms with Crippen LogP contribution in [0.1, 0.15) is 33.6 Å². The molecule has 0 spiro atoms. The Bertz CT molecular complexity index is 581. The van der Waals surface area contributed by atoms with Gasteiger partial charge in [-0.1, -0.05) is 0 Å². The standard InChI is InChI=1S/C16H25N3O3/c1-16(2,3)22-15(21)18-7-4-12(5-8-18)11-19-9-6-13(17)10-14(19)20/h6,9-10,12H,4-5,7-8,11,17H2,1-3H3. The molecule has 22 heavy (non-hydrogen) atoms. The van der Waals surface area contributed by atoms with E-state index in [4.69, 9.17) is 10.5 Å². The summed E-state index contributed by atoms with van der Waals surface area (Å²) in [5.74, 6) is 0.389. The maximum Gasteiger partial charge on any atom is 0.410 e. The molecule has 6 nitrogen and oxygen atoms in total. The van der Waals surface area contributed by atoms with E-state index in [0.29, 0.717) is 31.2 Å². The largest absolute Gasteiger partial charge is 0.444 e. The minimum atomic E-state index is -0.467. The fraction of sp³-hybridized carbons (Fsp3) is 0.625. The second-order valence-corrected chi connectivity index (χ2v) is 6.86. The zero-order valence-corrected chi connectivity index (χ0v) is 13.5. The van der Waals surface area contributed by atoms with Crippen LogP contribution in [0.2, 0.25) is 0 Å². The maximum atomic E-state index is 12.0. The van der Waals surface area contributed by atoms with Crippen molar-refractivity contribution in [2.45, 2.75) is 45.8 Å². The number of hydrogen-bond donors (Lipinski definition) is 1. The number of nitrogens with zero attached hydrogens (tertiary/aromatic N) is 2. The topological polar surface area (TPSA) is 77.6 Å². The molecule has 1 aromatic heterocycles. The molecule has 2 N–H and O–H groups in total. The van der Waals surface area contributed by atoms with Crippen molar-refractivity contribution >= 4 is 11.8 Å². The van der Waals surface area contributed by atoms with Crippen LogP contribution in [0.15, 0.2) is 23.1 Å². The van der Waals surface area contributed by atoms with Gasteiger partial charge in [0.05, 0.1) is 0 Å². The third-order valence-corrected chi connectivity index (χ3v) is 3.74. The summed E-state index contributed by atoms with van der Waals surface area (Å²) in [7, 11) is 0. The Kier molecular flexibility index (Phi) is 4.78. The van der Waals surface area contributed by atoms with E-state index in [2.05, 4.69) is 0 Å². The highest BCUT2D eigenvalue weighted by atomic mass is 16.6. The van der Waals surface area contributed by atoms with Crippen LogP contribution < -0.4 is 11.3 Å². The smallest absolute Gasteiger partial charge is 0.410 e. The van der Waals surface area contributed by atoms with Crippen molar-refractivity contribution in [1.82, 2.24) is 9.47 Å². The van der Waals surface area contributed by atoms with Crippen LogP contribution in [-0.4, -0.2) is 34.3 Å². The van der Waals surface area contributed by atoms with E-state index in [-0.39, 0.29) is 11.7 Å². The van der Waals surface area contributed by atoms with E-state index >= 15 is 0 Å². The van der Waals surface area contributed by atoms with Gasteiger partial charge in [0.25, 0.3) is 5.56 Å². The van der Waals surface area contributed by atoms with Crippen LogP contribution in [0.4, 0.5) is 10.5 Å². The number of nitrogen functional groups attached to an aromatic ring is 1. The fourth-order valence-electron chi connectivity index (χ4n) is 2.58. The van der Waals surface area contributed by atoms with Crippen LogP contribution in [-0.2, 0) is 11.3 Å². The van der Waals surface area contributed by atoms with E-state index in [1.807, 2.05) is 20.8 Å². The van der Waals surface area contributed by atoms with Crippen LogP contribution in [0.25, 0.3) is 0 Å². The Labute approximate surface area is 130 Å². The number of nitrogens with two attached hydrogens (primary N) is 1. The lowest BCUT2D eigenvalue weighted by Gasteiger charge is -2.33. The van der Waals surface area contributed by atoms with Gasteiger partial charge in [-0.05, 0) is 45.6 Å². The van der Waals surface area contributed by atoms with Gasteiger partial charge >= 0.3 is 6.09 Å². The van der Waals surface area contributed by atoms with Gasteiger partial charge in [0.2, 0.25) is 0 Å². The van der Waals surface area contributed by atoms with Crippen molar-refractivity contribution in [2.24, 2.45) is 5.92 Å². The third kappa shape index (κ3) is 4.51. The van der Waals surface area contributed by atoms with Crippen LogP contribution >= 0.6 is 0 Å². The zero-order valence-electron chi connectivity index (χ0n) is 13.5. The number of aromatic nitrogens is 1. The van der Waals surface area contributed by atoms with Crippen molar-refractivity contribution in [3.8, 4) is 0 Å². The van der Waals surface area contributed by atoms with E-state index in [1.165, 1.54) is 6.07 Å². The second-order valence-electron chi connectivity index (χ2n) is 6.86. The molecule has 1 aromatic rings. The van der Waals surface area contributed by atoms with E-state index in [1.54, 1.807) is 21.7 Å². The first-order chi connectivity index (χ1) is 10.2. The lowest BCUT2D eigenvalue weighted by molar-refractivity contribution is 0.0178. The van der Waals surface area contributed by atoms with E-state index < -0.39 is 5.60 Å². The van der Waals surface area contributed by atoms with Gasteiger partial charge < -0.3 is 19.9 Å². The van der Waals surface area contributed by atoms with E-state index in [0.717, 1.165) is 12.8 Å². The molecule has 2 heterocycles. The highest BCUT2D eigenvalue weighted by Crippen LogP contribution is 2.20. The van der Waals surface area contributed by atoms with Crippen LogP contribution in [0, 0.1) is 5.92 Å². The van der Waals surface area contributed by atoms with Crippen LogP contribution in [0.5, 0.6) is 0 Å². The number of pyridine rings is 1. The van der Waals surface area contributed by atoms with Gasteiger partial charge in [-0.25, -0.2) is 4.79 Å². The second kappa shape index (κ2) is 6.42. The molecule has 2 rings (SSSR count). The predicted molar refractivity (Wildman–Crippen MR) is 85.6 cm³/mol. The summed E-state index contributed by atoms with van der Waals surface area (Å²) in [6, 6.07) is 3.17. The molecule has 1 aliphatic heterocycles. The lowest BCUT2D eigenvalue weighted by atomic mass is 9.97. The number of piperidine rings is 1. The molecule has 0 atom stereocenters.